The fourth-order valence-corrected chi connectivity index (χ4v) is 4.14. The first-order valence-corrected chi connectivity index (χ1v) is 11.4. The molecule has 2 heterocycles. The maximum Gasteiger partial charge on any atom is 0.178 e. The number of nitrogens with zero attached hydrogens (tertiary/aromatic N) is 3. The first kappa shape index (κ1) is 21.4. The van der Waals surface area contributed by atoms with Gasteiger partial charge in [0, 0.05) is 29.0 Å². The Hall–Kier alpha value is -1.95. The summed E-state index contributed by atoms with van der Waals surface area (Å²) in [5, 5.41) is 5.38. The molecule has 0 N–H and O–H groups in total. The largest absolute Gasteiger partial charge is 0.293 e. The first-order valence-electron chi connectivity index (χ1n) is 9.02. The summed E-state index contributed by atoms with van der Waals surface area (Å²) in [5.41, 5.74) is 1.18. The molecule has 0 aliphatic rings. The molecule has 0 aliphatic carbocycles. The zero-order valence-corrected chi connectivity index (χ0v) is 18.7. The Kier molecular flexibility index (Phi) is 5.45. The summed E-state index contributed by atoms with van der Waals surface area (Å²) in [5.74, 6) is -0.135. The fourth-order valence-electron chi connectivity index (χ4n) is 2.74. The van der Waals surface area contributed by atoms with Gasteiger partial charge in [-0.05, 0) is 34.0 Å². The molecule has 0 atom stereocenters. The minimum atomic E-state index is -2.56. The summed E-state index contributed by atoms with van der Waals surface area (Å²) in [6, 6.07) is 3.88. The van der Waals surface area contributed by atoms with Crippen molar-refractivity contribution in [1.29, 1.82) is 0 Å². The number of Topliss-reactive ketones (excluding diaryl/α,β-unsaturated/α-hetero) is 1. The van der Waals surface area contributed by atoms with E-state index in [1.807, 2.05) is 66.7 Å². The first-order chi connectivity index (χ1) is 12.1. The van der Waals surface area contributed by atoms with Gasteiger partial charge >= 0.3 is 0 Å². The van der Waals surface area contributed by atoms with Crippen molar-refractivity contribution in [3.8, 4) is 0 Å². The monoisotopic (exact) mass is 389 g/mol. The smallest absolute Gasteiger partial charge is 0.178 e. The molecule has 0 aromatic carbocycles. The molecule has 148 valence electrons. The summed E-state index contributed by atoms with van der Waals surface area (Å²) >= 11 is 0. The van der Waals surface area contributed by atoms with Gasteiger partial charge in [-0.25, -0.2) is 9.67 Å². The highest BCUT2D eigenvalue weighted by molar-refractivity contribution is 8.03. The van der Waals surface area contributed by atoms with Gasteiger partial charge in [0.05, 0.1) is 16.8 Å². The van der Waals surface area contributed by atoms with E-state index in [0.717, 1.165) is 11.1 Å². The summed E-state index contributed by atoms with van der Waals surface area (Å²) in [6.07, 6.45) is 6.93. The molecule has 0 fully saturated rings. The number of carbonyl (C=O) groups excluding carboxylic acids is 1. The maximum absolute atomic E-state index is 13.3. The number of ketones is 1. The predicted molar refractivity (Wildman–Crippen MR) is 115 cm³/mol. The Labute approximate surface area is 162 Å². The standard InChI is InChI=1S/C21H31N3O2S/c1-14-10-11-15-13-22-24(19(15)23-14)16(12-20(2,3)4)17(27(8,9)26)18(25)21(5,6)7/h10-13H,1-9H3/b16-12+. The molecule has 6 heteroatoms. The van der Waals surface area contributed by atoms with Crippen LogP contribution in [0.5, 0.6) is 0 Å². The zero-order chi connectivity index (χ0) is 20.8. The summed E-state index contributed by atoms with van der Waals surface area (Å²) in [7, 11) is -2.56. The van der Waals surface area contributed by atoms with Gasteiger partial charge < -0.3 is 0 Å². The molecular formula is C21H31N3O2S. The van der Waals surface area contributed by atoms with Crippen LogP contribution in [-0.4, -0.2) is 42.1 Å². The number of rotatable bonds is 3. The van der Waals surface area contributed by atoms with Crippen LogP contribution in [0.25, 0.3) is 16.7 Å². The number of hydrogen-bond acceptors (Lipinski definition) is 4. The van der Waals surface area contributed by atoms with E-state index in [1.54, 1.807) is 23.4 Å². The van der Waals surface area contributed by atoms with Crippen molar-refractivity contribution in [3.63, 3.8) is 0 Å². The second kappa shape index (κ2) is 6.89. The average molecular weight is 390 g/mol. The van der Waals surface area contributed by atoms with E-state index in [4.69, 9.17) is 0 Å². The van der Waals surface area contributed by atoms with Crippen molar-refractivity contribution < 1.29 is 9.00 Å². The van der Waals surface area contributed by atoms with E-state index >= 15 is 0 Å². The minimum absolute atomic E-state index is 0.135. The normalized spacial score (nSPS) is 13.9. The summed E-state index contributed by atoms with van der Waals surface area (Å²) < 4.78 is 14.9. The molecular weight excluding hydrogens is 358 g/mol. The van der Waals surface area contributed by atoms with E-state index in [0.29, 0.717) is 16.2 Å². The number of carbonyl (C=O) groups is 1. The minimum Gasteiger partial charge on any atom is -0.293 e. The van der Waals surface area contributed by atoms with Crippen LogP contribution < -0.4 is 0 Å². The van der Waals surface area contributed by atoms with Crippen LogP contribution in [0.4, 0.5) is 0 Å². The molecule has 0 spiro atoms. The molecule has 27 heavy (non-hydrogen) atoms. The van der Waals surface area contributed by atoms with Crippen LogP contribution in [0.2, 0.25) is 0 Å². The van der Waals surface area contributed by atoms with Gasteiger partial charge in [0.1, 0.15) is 0 Å². The number of aromatic nitrogens is 3. The zero-order valence-electron chi connectivity index (χ0n) is 17.9. The van der Waals surface area contributed by atoms with Crippen molar-refractivity contribution in [1.82, 2.24) is 14.8 Å². The molecule has 0 aliphatic heterocycles. The SMILES string of the molecule is Cc1ccc2cnn(/C(=C/C(C)(C)C)C(C(=O)C(C)(C)C)=S(C)(C)=O)c2n1. The van der Waals surface area contributed by atoms with Crippen LogP contribution >= 0.6 is 0 Å². The van der Waals surface area contributed by atoms with Crippen molar-refractivity contribution in [2.24, 2.45) is 10.8 Å². The molecule has 0 amide bonds. The van der Waals surface area contributed by atoms with E-state index in [9.17, 15) is 9.00 Å². The van der Waals surface area contributed by atoms with Crippen molar-refractivity contribution in [2.75, 3.05) is 12.5 Å². The van der Waals surface area contributed by atoms with Crippen LogP contribution in [0.1, 0.15) is 47.2 Å². The second-order valence-electron chi connectivity index (χ2n) is 9.46. The lowest BCUT2D eigenvalue weighted by Gasteiger charge is -2.24. The van der Waals surface area contributed by atoms with Crippen LogP contribution in [-0.2, 0) is 14.3 Å². The lowest BCUT2D eigenvalue weighted by atomic mass is 9.86. The predicted octanol–water partition coefficient (Wildman–Crippen LogP) is 3.96. The van der Waals surface area contributed by atoms with Crippen molar-refractivity contribution in [2.45, 2.75) is 48.5 Å². The third-order valence-electron chi connectivity index (χ3n) is 3.97. The molecule has 0 saturated carbocycles. The van der Waals surface area contributed by atoms with Gasteiger partial charge in [0.2, 0.25) is 0 Å². The van der Waals surface area contributed by atoms with Crippen LogP contribution in [0.15, 0.2) is 24.4 Å². The molecule has 2 aromatic rings. The Morgan fingerprint density at radius 1 is 1.11 bits per heavy atom. The van der Waals surface area contributed by atoms with E-state index < -0.39 is 14.9 Å². The number of fused-ring (bicyclic) bond motifs is 1. The lowest BCUT2D eigenvalue weighted by Crippen LogP contribution is -2.35. The molecule has 2 rings (SSSR count). The van der Waals surface area contributed by atoms with Crippen LogP contribution in [0, 0.1) is 17.8 Å². The molecule has 0 saturated heterocycles. The lowest BCUT2D eigenvalue weighted by molar-refractivity contribution is -0.119. The maximum atomic E-state index is 13.3. The van der Waals surface area contributed by atoms with E-state index in [1.165, 1.54) is 0 Å². The molecule has 0 radical (unpaired) electrons. The molecule has 0 unspecified atom stereocenters. The average Bonchev–Trinajstić information content (AvgIpc) is 2.85. The van der Waals surface area contributed by atoms with Crippen molar-refractivity contribution in [3.05, 3.63) is 30.1 Å². The van der Waals surface area contributed by atoms with Gasteiger partial charge in [-0.3, -0.25) is 9.00 Å². The molecule has 5 nitrogen and oxygen atoms in total. The van der Waals surface area contributed by atoms with Gasteiger partial charge in [0.15, 0.2) is 11.4 Å². The van der Waals surface area contributed by atoms with Gasteiger partial charge in [-0.1, -0.05) is 47.6 Å². The van der Waals surface area contributed by atoms with E-state index in [-0.39, 0.29) is 11.2 Å². The van der Waals surface area contributed by atoms with Crippen LogP contribution in [0.3, 0.4) is 0 Å². The van der Waals surface area contributed by atoms with Gasteiger partial charge in [0.25, 0.3) is 0 Å². The molecule has 0 bridgehead atoms. The third-order valence-corrected chi connectivity index (χ3v) is 5.34. The highest BCUT2D eigenvalue weighted by Gasteiger charge is 2.33. The number of hydrogen-bond donors (Lipinski definition) is 0. The highest BCUT2D eigenvalue weighted by atomic mass is 32.2. The quantitative estimate of drug-likeness (QED) is 0.589. The topological polar surface area (TPSA) is 64.8 Å². The number of pyridine rings is 1. The van der Waals surface area contributed by atoms with Gasteiger partial charge in [-0.15, -0.1) is 0 Å². The van der Waals surface area contributed by atoms with Crippen molar-refractivity contribution >= 4 is 36.9 Å². The van der Waals surface area contributed by atoms with E-state index in [2.05, 4.69) is 10.1 Å². The van der Waals surface area contributed by atoms with Gasteiger partial charge in [-0.2, -0.15) is 5.10 Å². The Morgan fingerprint density at radius 3 is 2.19 bits per heavy atom. The third kappa shape index (κ3) is 4.86. The fraction of sp³-hybridized carbons (Fsp3) is 0.524. The Balaban J connectivity index is 2.95. The highest BCUT2D eigenvalue weighted by Crippen LogP contribution is 2.28. The Bertz CT molecular complexity index is 1030. The Morgan fingerprint density at radius 2 is 1.70 bits per heavy atom. The number of allylic oxidation sites excluding steroid dienone is 2. The molecule has 2 aromatic heterocycles. The summed E-state index contributed by atoms with van der Waals surface area (Å²) in [6.45, 7) is 13.6. The second-order valence-corrected chi connectivity index (χ2v) is 12.3. The summed E-state index contributed by atoms with van der Waals surface area (Å²) in [4.78, 5) is 18.3. The number of aryl methyl sites for hydroxylation is 1.